The molecule has 150 valence electrons. The minimum absolute atomic E-state index is 0.0880. The molecule has 2 aromatic rings. The molecular formula is C24H37NO2. The number of nitrogens with one attached hydrogen (secondary N) is 1. The lowest BCUT2D eigenvalue weighted by molar-refractivity contribution is -0.0179. The van der Waals surface area contributed by atoms with Gasteiger partial charge < -0.3 is 9.72 Å². The van der Waals surface area contributed by atoms with Crippen LogP contribution in [0.3, 0.4) is 0 Å². The van der Waals surface area contributed by atoms with Crippen molar-refractivity contribution >= 4 is 10.9 Å². The van der Waals surface area contributed by atoms with E-state index in [1.165, 1.54) is 25.7 Å². The van der Waals surface area contributed by atoms with Crippen LogP contribution in [0.15, 0.2) is 35.1 Å². The van der Waals surface area contributed by atoms with E-state index in [1.54, 1.807) is 6.07 Å². The Balaban J connectivity index is 2.23. The maximum atomic E-state index is 11.6. The van der Waals surface area contributed by atoms with E-state index in [0.29, 0.717) is 5.41 Å². The molecule has 0 radical (unpaired) electrons. The van der Waals surface area contributed by atoms with E-state index < -0.39 is 0 Å². The van der Waals surface area contributed by atoms with Crippen LogP contribution in [-0.4, -0.2) is 10.6 Å². The molecule has 0 aliphatic heterocycles. The lowest BCUT2D eigenvalue weighted by Crippen LogP contribution is -2.43. The molecule has 1 N–H and O–H groups in total. The lowest BCUT2D eigenvalue weighted by Gasteiger charge is -2.48. The number of ether oxygens (including phenoxy) is 1. The fourth-order valence-corrected chi connectivity index (χ4v) is 4.73. The Morgan fingerprint density at radius 2 is 1.52 bits per heavy atom. The fourth-order valence-electron chi connectivity index (χ4n) is 4.73. The molecule has 0 unspecified atom stereocenters. The average Bonchev–Trinajstić information content (AvgIpc) is 2.53. The third-order valence-corrected chi connectivity index (χ3v) is 6.20. The van der Waals surface area contributed by atoms with Crippen LogP contribution in [0.1, 0.15) is 80.6 Å². The molecule has 3 heteroatoms. The monoisotopic (exact) mass is 371 g/mol. The smallest absolute Gasteiger partial charge is 0.248 e. The predicted molar refractivity (Wildman–Crippen MR) is 116 cm³/mol. The Kier molecular flexibility index (Phi) is 6.44. The molecule has 0 spiro atoms. The first-order valence-corrected chi connectivity index (χ1v) is 10.3. The van der Waals surface area contributed by atoms with Gasteiger partial charge in [0.15, 0.2) is 0 Å². The van der Waals surface area contributed by atoms with Crippen LogP contribution >= 0.6 is 0 Å². The van der Waals surface area contributed by atoms with Crippen LogP contribution in [0.2, 0.25) is 0 Å². The number of fused-ring (bicyclic) bond motifs is 1. The molecule has 1 aromatic carbocycles. The van der Waals surface area contributed by atoms with Crippen LogP contribution in [0.4, 0.5) is 0 Å². The number of benzene rings is 1. The van der Waals surface area contributed by atoms with E-state index in [1.807, 2.05) is 24.3 Å². The highest BCUT2D eigenvalue weighted by Crippen LogP contribution is 2.50. The highest BCUT2D eigenvalue weighted by Gasteiger charge is 2.43. The number of aromatic nitrogens is 1. The molecule has 0 amide bonds. The quantitative estimate of drug-likeness (QED) is 0.532. The van der Waals surface area contributed by atoms with Crippen molar-refractivity contribution in [2.45, 2.75) is 86.2 Å². The van der Waals surface area contributed by atoms with E-state index in [4.69, 9.17) is 4.74 Å². The number of aromatic amines is 1. The van der Waals surface area contributed by atoms with E-state index in [0.717, 1.165) is 23.1 Å². The molecule has 0 atom stereocenters. The van der Waals surface area contributed by atoms with Gasteiger partial charge in [-0.3, -0.25) is 4.79 Å². The number of hydrogen-bond donors (Lipinski definition) is 1. The maximum absolute atomic E-state index is 11.6. The Labute approximate surface area is 164 Å². The van der Waals surface area contributed by atoms with Gasteiger partial charge >= 0.3 is 0 Å². The van der Waals surface area contributed by atoms with Gasteiger partial charge in [-0.15, -0.1) is 0 Å². The van der Waals surface area contributed by atoms with Crippen molar-refractivity contribution in [1.82, 2.24) is 4.98 Å². The van der Waals surface area contributed by atoms with Crippen LogP contribution in [0, 0.1) is 10.8 Å². The van der Waals surface area contributed by atoms with Gasteiger partial charge in [-0.2, -0.15) is 0 Å². The van der Waals surface area contributed by atoms with Gasteiger partial charge in [0, 0.05) is 12.1 Å². The molecule has 0 aliphatic carbocycles. The second-order valence-corrected chi connectivity index (χ2v) is 9.55. The number of pyridine rings is 1. The molecule has 0 aliphatic rings. The minimum Gasteiger partial charge on any atom is -0.488 e. The Bertz CT molecular complexity index is 810. The van der Waals surface area contributed by atoms with E-state index >= 15 is 0 Å². The zero-order chi connectivity index (χ0) is 20.3. The third kappa shape index (κ3) is 5.15. The molecule has 27 heavy (non-hydrogen) atoms. The van der Waals surface area contributed by atoms with Crippen LogP contribution < -0.4 is 10.3 Å². The van der Waals surface area contributed by atoms with Gasteiger partial charge in [0.25, 0.3) is 0 Å². The summed E-state index contributed by atoms with van der Waals surface area (Å²) < 4.78 is 6.42. The summed E-state index contributed by atoms with van der Waals surface area (Å²) in [5.41, 5.74) is 0.890. The summed E-state index contributed by atoms with van der Waals surface area (Å²) in [6, 6.07) is 9.32. The second-order valence-electron chi connectivity index (χ2n) is 9.55. The summed E-state index contributed by atoms with van der Waals surface area (Å²) in [5, 5.41) is 1.01. The molecule has 0 saturated carbocycles. The predicted octanol–water partition coefficient (Wildman–Crippen LogP) is 6.71. The first-order chi connectivity index (χ1) is 12.5. The largest absolute Gasteiger partial charge is 0.488 e. The number of hydrogen-bond acceptors (Lipinski definition) is 2. The zero-order valence-corrected chi connectivity index (χ0v) is 18.2. The minimum atomic E-state index is -0.297. The summed E-state index contributed by atoms with van der Waals surface area (Å²) in [6.45, 7) is 16.1. The first kappa shape index (κ1) is 21.5. The van der Waals surface area contributed by atoms with Crippen LogP contribution in [0.5, 0.6) is 5.75 Å². The summed E-state index contributed by atoms with van der Waals surface area (Å²) in [5.74, 6) is 0.804. The first-order valence-electron chi connectivity index (χ1n) is 10.3. The maximum Gasteiger partial charge on any atom is 0.248 e. The van der Waals surface area contributed by atoms with Crippen molar-refractivity contribution < 1.29 is 4.74 Å². The summed E-state index contributed by atoms with van der Waals surface area (Å²) in [7, 11) is 0. The van der Waals surface area contributed by atoms with Gasteiger partial charge in [0.05, 0.1) is 5.52 Å². The van der Waals surface area contributed by atoms with Crippen molar-refractivity contribution in [2.75, 3.05) is 0 Å². The highest BCUT2D eigenvalue weighted by atomic mass is 16.5. The standard InChI is InChI=1S/C24H37NO2/c1-8-14-24(7,15-9-2)22(3,4)17-23(5,6)27-19-12-10-18-11-13-21(26)25-20(18)16-19/h10-13,16H,8-9,14-15,17H2,1-7H3,(H,25,26). The van der Waals surface area contributed by atoms with E-state index in [9.17, 15) is 4.79 Å². The van der Waals surface area contributed by atoms with Crippen LogP contribution in [0.25, 0.3) is 10.9 Å². The average molecular weight is 372 g/mol. The molecule has 1 heterocycles. The van der Waals surface area contributed by atoms with Crippen LogP contribution in [-0.2, 0) is 0 Å². The van der Waals surface area contributed by atoms with Gasteiger partial charge in [-0.05, 0) is 67.5 Å². The van der Waals surface area contributed by atoms with Crippen molar-refractivity contribution in [3.8, 4) is 5.75 Å². The van der Waals surface area contributed by atoms with Gasteiger partial charge in [-0.1, -0.05) is 47.5 Å². The normalized spacial score (nSPS) is 13.1. The molecule has 1 aromatic heterocycles. The van der Waals surface area contributed by atoms with Crippen molar-refractivity contribution in [2.24, 2.45) is 10.8 Å². The van der Waals surface area contributed by atoms with Crippen molar-refractivity contribution in [3.63, 3.8) is 0 Å². The Morgan fingerprint density at radius 1 is 0.926 bits per heavy atom. The number of rotatable bonds is 9. The van der Waals surface area contributed by atoms with Gasteiger partial charge in [-0.25, -0.2) is 0 Å². The summed E-state index contributed by atoms with van der Waals surface area (Å²) >= 11 is 0. The Morgan fingerprint density at radius 3 is 2.11 bits per heavy atom. The van der Waals surface area contributed by atoms with E-state index in [2.05, 4.69) is 53.5 Å². The highest BCUT2D eigenvalue weighted by molar-refractivity contribution is 5.79. The SMILES string of the molecule is CCCC(C)(CCC)C(C)(C)CC(C)(C)Oc1ccc2ccc(=O)[nH]c2c1. The van der Waals surface area contributed by atoms with Crippen molar-refractivity contribution in [3.05, 3.63) is 40.7 Å². The molecule has 2 rings (SSSR count). The summed E-state index contributed by atoms with van der Waals surface area (Å²) in [6.07, 6.45) is 5.86. The topological polar surface area (TPSA) is 42.1 Å². The summed E-state index contributed by atoms with van der Waals surface area (Å²) in [4.78, 5) is 14.5. The third-order valence-electron chi connectivity index (χ3n) is 6.20. The zero-order valence-electron chi connectivity index (χ0n) is 18.2. The molecule has 0 fully saturated rings. The van der Waals surface area contributed by atoms with Gasteiger partial charge in [0.1, 0.15) is 11.4 Å². The number of H-pyrrole nitrogens is 1. The molecule has 3 nitrogen and oxygen atoms in total. The Hall–Kier alpha value is -1.77. The molecule has 0 saturated heterocycles. The molecular weight excluding hydrogens is 334 g/mol. The lowest BCUT2D eigenvalue weighted by atomic mass is 9.59. The second kappa shape index (κ2) is 8.08. The molecule has 0 bridgehead atoms. The fraction of sp³-hybridized carbons (Fsp3) is 0.625. The van der Waals surface area contributed by atoms with E-state index in [-0.39, 0.29) is 16.6 Å². The van der Waals surface area contributed by atoms with Crippen molar-refractivity contribution in [1.29, 1.82) is 0 Å². The van der Waals surface area contributed by atoms with Gasteiger partial charge in [0.2, 0.25) is 5.56 Å².